The molecule has 0 aromatic heterocycles. The number of nitrogens with one attached hydrogen (secondary N) is 2. The van der Waals surface area contributed by atoms with E-state index in [2.05, 4.69) is 10.6 Å². The van der Waals surface area contributed by atoms with Crippen molar-refractivity contribution in [2.45, 2.75) is 39.0 Å². The van der Waals surface area contributed by atoms with E-state index in [-0.39, 0.29) is 17.7 Å². The van der Waals surface area contributed by atoms with Gasteiger partial charge in [0, 0.05) is 25.4 Å². The van der Waals surface area contributed by atoms with Crippen LogP contribution in [0.3, 0.4) is 0 Å². The maximum atomic E-state index is 11.9. The lowest BCUT2D eigenvalue weighted by molar-refractivity contribution is -0.126. The van der Waals surface area contributed by atoms with Gasteiger partial charge < -0.3 is 16.4 Å². The monoisotopic (exact) mass is 255 g/mol. The predicted octanol–water partition coefficient (Wildman–Crippen LogP) is 0.394. The lowest BCUT2D eigenvalue weighted by Gasteiger charge is -2.17. The molecule has 1 fully saturated rings. The van der Waals surface area contributed by atoms with Gasteiger partial charge in [0.1, 0.15) is 0 Å². The zero-order valence-electron chi connectivity index (χ0n) is 11.2. The van der Waals surface area contributed by atoms with Crippen LogP contribution in [0.1, 0.15) is 39.0 Å². The highest BCUT2D eigenvalue weighted by molar-refractivity contribution is 5.80. The summed E-state index contributed by atoms with van der Waals surface area (Å²) in [6, 6.07) is 0. The second kappa shape index (κ2) is 8.08. The first kappa shape index (κ1) is 15.0. The molecule has 1 saturated carbocycles. The van der Waals surface area contributed by atoms with Gasteiger partial charge in [0.15, 0.2) is 0 Å². The van der Waals surface area contributed by atoms with Crippen LogP contribution in [0, 0.1) is 11.8 Å². The van der Waals surface area contributed by atoms with E-state index in [4.69, 9.17) is 5.73 Å². The van der Waals surface area contributed by atoms with E-state index in [1.54, 1.807) is 0 Å². The van der Waals surface area contributed by atoms with Crippen LogP contribution in [0.2, 0.25) is 0 Å². The average molecular weight is 255 g/mol. The molecule has 1 aliphatic carbocycles. The zero-order valence-corrected chi connectivity index (χ0v) is 11.2. The Morgan fingerprint density at radius 1 is 1.22 bits per heavy atom. The Labute approximate surface area is 109 Å². The molecule has 5 nitrogen and oxygen atoms in total. The molecule has 1 rings (SSSR count). The summed E-state index contributed by atoms with van der Waals surface area (Å²) in [6.45, 7) is 3.71. The third kappa shape index (κ3) is 4.64. The molecule has 0 aromatic rings. The summed E-state index contributed by atoms with van der Waals surface area (Å²) in [5.74, 6) is 0.429. The Balaban J connectivity index is 2.18. The van der Waals surface area contributed by atoms with Crippen LogP contribution < -0.4 is 16.4 Å². The maximum absolute atomic E-state index is 11.9. The van der Waals surface area contributed by atoms with Crippen molar-refractivity contribution in [2.24, 2.45) is 17.6 Å². The number of rotatable bonds is 7. The third-order valence-corrected chi connectivity index (χ3v) is 3.52. The number of carbonyl (C=O) groups excluding carboxylic acids is 2. The van der Waals surface area contributed by atoms with Gasteiger partial charge in [-0.1, -0.05) is 13.3 Å². The minimum atomic E-state index is -0.000975. The second-order valence-electron chi connectivity index (χ2n) is 4.92. The highest BCUT2D eigenvalue weighted by Crippen LogP contribution is 2.30. The van der Waals surface area contributed by atoms with Crippen molar-refractivity contribution in [1.29, 1.82) is 0 Å². The molecule has 18 heavy (non-hydrogen) atoms. The van der Waals surface area contributed by atoms with E-state index in [0.29, 0.717) is 32.0 Å². The Kier molecular flexibility index (Phi) is 6.72. The van der Waals surface area contributed by atoms with Gasteiger partial charge in [-0.25, -0.2) is 0 Å². The van der Waals surface area contributed by atoms with Crippen LogP contribution in [-0.4, -0.2) is 31.4 Å². The smallest absolute Gasteiger partial charge is 0.223 e. The summed E-state index contributed by atoms with van der Waals surface area (Å²) in [5, 5.41) is 5.63. The molecule has 1 aliphatic rings. The molecule has 5 heteroatoms. The minimum Gasteiger partial charge on any atom is -0.356 e. The molecule has 2 amide bonds. The number of carbonyl (C=O) groups is 2. The van der Waals surface area contributed by atoms with Gasteiger partial charge in [0.2, 0.25) is 11.8 Å². The van der Waals surface area contributed by atoms with Crippen molar-refractivity contribution in [2.75, 3.05) is 19.6 Å². The van der Waals surface area contributed by atoms with Crippen LogP contribution >= 0.6 is 0 Å². The van der Waals surface area contributed by atoms with E-state index in [1.807, 2.05) is 6.92 Å². The van der Waals surface area contributed by atoms with Gasteiger partial charge in [0.25, 0.3) is 0 Å². The second-order valence-corrected chi connectivity index (χ2v) is 4.92. The maximum Gasteiger partial charge on any atom is 0.223 e. The van der Waals surface area contributed by atoms with Crippen molar-refractivity contribution in [1.82, 2.24) is 10.6 Å². The first-order valence-corrected chi connectivity index (χ1v) is 6.93. The molecule has 0 aromatic carbocycles. The molecule has 0 bridgehead atoms. The summed E-state index contributed by atoms with van der Waals surface area (Å²) in [6.07, 6.45) is 4.34. The normalized spacial score (nSPS) is 22.8. The molecule has 0 spiro atoms. The standard InChI is InChI=1S/C13H25N3O2/c1-2-7-15-12(17)6-8-16-13(18)11-5-3-4-10(11)9-14/h10-11H,2-9,14H2,1H3,(H,15,17)(H,16,18)/t10-,11-/m1/s1. The highest BCUT2D eigenvalue weighted by atomic mass is 16.2. The number of hydrogen-bond acceptors (Lipinski definition) is 3. The molecular weight excluding hydrogens is 230 g/mol. The summed E-state index contributed by atoms with van der Waals surface area (Å²) in [4.78, 5) is 23.3. The number of nitrogens with two attached hydrogens (primary N) is 1. The van der Waals surface area contributed by atoms with Gasteiger partial charge in [0.05, 0.1) is 0 Å². The Morgan fingerprint density at radius 3 is 2.67 bits per heavy atom. The highest BCUT2D eigenvalue weighted by Gasteiger charge is 2.31. The molecule has 2 atom stereocenters. The summed E-state index contributed by atoms with van der Waals surface area (Å²) < 4.78 is 0. The van der Waals surface area contributed by atoms with E-state index >= 15 is 0 Å². The topological polar surface area (TPSA) is 84.2 Å². The fraction of sp³-hybridized carbons (Fsp3) is 0.846. The van der Waals surface area contributed by atoms with Crippen molar-refractivity contribution in [3.05, 3.63) is 0 Å². The lowest BCUT2D eigenvalue weighted by Crippen LogP contribution is -2.37. The predicted molar refractivity (Wildman–Crippen MR) is 70.8 cm³/mol. The van der Waals surface area contributed by atoms with Crippen molar-refractivity contribution < 1.29 is 9.59 Å². The summed E-state index contributed by atoms with van der Waals surface area (Å²) >= 11 is 0. The molecule has 0 radical (unpaired) electrons. The fourth-order valence-corrected chi connectivity index (χ4v) is 2.45. The van der Waals surface area contributed by atoms with Crippen molar-refractivity contribution in [3.63, 3.8) is 0 Å². The molecule has 104 valence electrons. The fourth-order valence-electron chi connectivity index (χ4n) is 2.45. The average Bonchev–Trinajstić information content (AvgIpc) is 2.84. The molecular formula is C13H25N3O2. The zero-order chi connectivity index (χ0) is 13.4. The summed E-state index contributed by atoms with van der Waals surface area (Å²) in [5.41, 5.74) is 5.65. The van der Waals surface area contributed by atoms with Crippen molar-refractivity contribution in [3.8, 4) is 0 Å². The molecule has 0 unspecified atom stereocenters. The van der Waals surface area contributed by atoms with Gasteiger partial charge >= 0.3 is 0 Å². The number of hydrogen-bond donors (Lipinski definition) is 3. The molecule has 4 N–H and O–H groups in total. The van der Waals surface area contributed by atoms with E-state index in [1.165, 1.54) is 0 Å². The molecule has 0 aliphatic heterocycles. The Bertz CT molecular complexity index is 281. The largest absolute Gasteiger partial charge is 0.356 e. The third-order valence-electron chi connectivity index (χ3n) is 3.52. The summed E-state index contributed by atoms with van der Waals surface area (Å²) in [7, 11) is 0. The van der Waals surface area contributed by atoms with E-state index in [0.717, 1.165) is 25.7 Å². The first-order valence-electron chi connectivity index (χ1n) is 6.93. The molecule has 0 saturated heterocycles. The minimum absolute atomic E-state index is 0.000975. The van der Waals surface area contributed by atoms with Crippen LogP contribution in [-0.2, 0) is 9.59 Å². The van der Waals surface area contributed by atoms with Gasteiger partial charge in [-0.05, 0) is 31.7 Å². The van der Waals surface area contributed by atoms with Crippen LogP contribution in [0.15, 0.2) is 0 Å². The SMILES string of the molecule is CCCNC(=O)CCNC(=O)[C@@H]1CCC[C@@H]1CN. The van der Waals surface area contributed by atoms with Crippen LogP contribution in [0.5, 0.6) is 0 Å². The van der Waals surface area contributed by atoms with Gasteiger partial charge in [-0.3, -0.25) is 9.59 Å². The van der Waals surface area contributed by atoms with Crippen LogP contribution in [0.25, 0.3) is 0 Å². The van der Waals surface area contributed by atoms with Crippen molar-refractivity contribution >= 4 is 11.8 Å². The van der Waals surface area contributed by atoms with Gasteiger partial charge in [-0.15, -0.1) is 0 Å². The first-order chi connectivity index (χ1) is 8.69. The quantitative estimate of drug-likeness (QED) is 0.615. The van der Waals surface area contributed by atoms with Gasteiger partial charge in [-0.2, -0.15) is 0 Å². The van der Waals surface area contributed by atoms with Crippen LogP contribution in [0.4, 0.5) is 0 Å². The van der Waals surface area contributed by atoms with E-state index in [9.17, 15) is 9.59 Å². The lowest BCUT2D eigenvalue weighted by atomic mass is 9.95. The Hall–Kier alpha value is -1.10. The number of amides is 2. The molecule has 0 heterocycles. The Morgan fingerprint density at radius 2 is 2.00 bits per heavy atom. The van der Waals surface area contributed by atoms with E-state index < -0.39 is 0 Å².